The van der Waals surface area contributed by atoms with Gasteiger partial charge in [0.25, 0.3) is 0 Å². The molecule has 0 saturated heterocycles. The van der Waals surface area contributed by atoms with Crippen molar-refractivity contribution >= 4 is 49.3 Å². The van der Waals surface area contributed by atoms with E-state index in [0.29, 0.717) is 0 Å². The van der Waals surface area contributed by atoms with E-state index in [0.717, 1.165) is 67.0 Å². The Balaban J connectivity index is 1.27. The highest BCUT2D eigenvalue weighted by Crippen LogP contribution is 2.41. The molecule has 7 nitrogen and oxygen atoms in total. The molecule has 10 aromatic rings. The van der Waals surface area contributed by atoms with E-state index < -0.39 is 0 Å². The van der Waals surface area contributed by atoms with Gasteiger partial charge >= 0.3 is 0 Å². The number of fused-ring (bicyclic) bond motifs is 9. The zero-order valence-electron chi connectivity index (χ0n) is 24.4. The minimum atomic E-state index is 0.741. The summed E-state index contributed by atoms with van der Waals surface area (Å²) in [5.74, 6) is 0.775. The van der Waals surface area contributed by atoms with E-state index in [2.05, 4.69) is 101 Å². The van der Waals surface area contributed by atoms with Crippen molar-refractivity contribution in [2.45, 2.75) is 0 Å². The first kappa shape index (κ1) is 24.9. The average Bonchev–Trinajstić information content (AvgIpc) is 3.91. The zero-order valence-corrected chi connectivity index (χ0v) is 24.4. The van der Waals surface area contributed by atoms with Gasteiger partial charge in [0.2, 0.25) is 0 Å². The van der Waals surface area contributed by atoms with Gasteiger partial charge in [0.05, 0.1) is 40.2 Å². The number of rotatable bonds is 4. The summed E-state index contributed by atoms with van der Waals surface area (Å²) in [6.07, 6.45) is 5.54. The Morgan fingerprint density at radius 1 is 0.543 bits per heavy atom. The molecule has 0 spiro atoms. The molecule has 0 aliphatic carbocycles. The molecule has 6 aromatic heterocycles. The summed E-state index contributed by atoms with van der Waals surface area (Å²) < 4.78 is 13.1. The van der Waals surface area contributed by atoms with Crippen molar-refractivity contribution in [1.82, 2.24) is 28.9 Å². The Morgan fingerprint density at radius 3 is 2.13 bits per heavy atom. The molecule has 0 atom stereocenters. The maximum Gasteiger partial charge on any atom is 0.163 e. The van der Waals surface area contributed by atoms with Crippen LogP contribution in [0.1, 0.15) is 0 Å². The van der Waals surface area contributed by atoms with E-state index in [9.17, 15) is 0 Å². The molecule has 0 N–H and O–H groups in total. The number of nitrogens with zero attached hydrogens (tertiary/aromatic N) is 6. The Labute approximate surface area is 262 Å². The highest BCUT2D eigenvalue weighted by atomic mass is 16.3. The van der Waals surface area contributed by atoms with Gasteiger partial charge in [-0.3, -0.25) is 4.98 Å². The molecule has 0 aliphatic rings. The lowest BCUT2D eigenvalue weighted by Gasteiger charge is -2.07. The minimum Gasteiger partial charge on any atom is -0.454 e. The van der Waals surface area contributed by atoms with E-state index in [-0.39, 0.29) is 0 Å². The lowest BCUT2D eigenvalue weighted by molar-refractivity contribution is 0.633. The molecule has 216 valence electrons. The van der Waals surface area contributed by atoms with Gasteiger partial charge in [0.15, 0.2) is 5.58 Å². The number of hydrogen-bond acceptors (Lipinski definition) is 4. The fraction of sp³-hybridized carbons (Fsp3) is 0. The third-order valence-corrected chi connectivity index (χ3v) is 8.86. The summed E-state index contributed by atoms with van der Waals surface area (Å²) in [6, 6.07) is 43.9. The third-order valence-electron chi connectivity index (χ3n) is 8.86. The Morgan fingerprint density at radius 2 is 1.30 bits per heavy atom. The number of aromatic nitrogens is 6. The summed E-state index contributed by atoms with van der Waals surface area (Å²) >= 11 is 0. The average molecular weight is 593 g/mol. The largest absolute Gasteiger partial charge is 0.454 e. The van der Waals surface area contributed by atoms with Crippen LogP contribution in [0.4, 0.5) is 0 Å². The van der Waals surface area contributed by atoms with Crippen LogP contribution in [0, 0.1) is 0 Å². The van der Waals surface area contributed by atoms with Crippen LogP contribution < -0.4 is 0 Å². The van der Waals surface area contributed by atoms with Crippen molar-refractivity contribution in [2.24, 2.45) is 0 Å². The van der Waals surface area contributed by atoms with E-state index >= 15 is 0 Å². The van der Waals surface area contributed by atoms with Crippen LogP contribution in [0.3, 0.4) is 0 Å². The number of benzene rings is 4. The molecule has 0 unspecified atom stereocenters. The van der Waals surface area contributed by atoms with E-state index in [1.54, 1.807) is 6.20 Å². The summed E-state index contributed by atoms with van der Waals surface area (Å²) in [6.45, 7) is 0. The van der Waals surface area contributed by atoms with Crippen molar-refractivity contribution < 1.29 is 4.42 Å². The molecule has 4 aromatic carbocycles. The first-order valence-electron chi connectivity index (χ1n) is 15.2. The molecule has 0 amide bonds. The van der Waals surface area contributed by atoms with Gasteiger partial charge in [0, 0.05) is 33.8 Å². The normalized spacial score (nSPS) is 11.9. The molecule has 0 bridgehead atoms. The predicted molar refractivity (Wildman–Crippen MR) is 183 cm³/mol. The second-order valence-electron chi connectivity index (χ2n) is 11.4. The summed E-state index contributed by atoms with van der Waals surface area (Å²) in [7, 11) is 0. The second kappa shape index (κ2) is 9.51. The standard InChI is InChI=1S/C39H24N6O/c1-3-11-26(12-4-1)43-33-17-8-7-15-28(33)29-21-25(18-19-34(29)43)36-22-30-37-35(24-42-44(37)27-13-5-2-6-14-27)45-38(39(30)46-36)31(23-41-45)32-16-9-10-20-40-32/h1-24H. The Kier molecular flexibility index (Phi) is 5.15. The number of pyridine rings is 2. The molecule has 46 heavy (non-hydrogen) atoms. The van der Waals surface area contributed by atoms with E-state index in [1.807, 2.05) is 58.0 Å². The monoisotopic (exact) mass is 592 g/mol. The quantitative estimate of drug-likeness (QED) is 0.204. The third kappa shape index (κ3) is 3.51. The Hall–Kier alpha value is -6.47. The molecule has 10 rings (SSSR count). The number of furan rings is 1. The molecular weight excluding hydrogens is 568 g/mol. The van der Waals surface area contributed by atoms with Gasteiger partial charge in [-0.2, -0.15) is 10.2 Å². The van der Waals surface area contributed by atoms with E-state index in [1.165, 1.54) is 16.3 Å². The predicted octanol–water partition coefficient (Wildman–Crippen LogP) is 9.25. The number of hydrogen-bond donors (Lipinski definition) is 0. The first-order valence-corrected chi connectivity index (χ1v) is 15.2. The summed E-state index contributed by atoms with van der Waals surface area (Å²) in [5.41, 5.74) is 10.6. The van der Waals surface area contributed by atoms with Gasteiger partial charge in [-0.15, -0.1) is 0 Å². The zero-order chi connectivity index (χ0) is 30.2. The van der Waals surface area contributed by atoms with Crippen LogP contribution in [-0.4, -0.2) is 28.9 Å². The topological polar surface area (TPSA) is 66.1 Å². The summed E-state index contributed by atoms with van der Waals surface area (Å²) in [5, 5.41) is 13.0. The smallest absolute Gasteiger partial charge is 0.163 e. The lowest BCUT2D eigenvalue weighted by Crippen LogP contribution is -1.97. The van der Waals surface area contributed by atoms with Gasteiger partial charge in [0.1, 0.15) is 22.3 Å². The summed E-state index contributed by atoms with van der Waals surface area (Å²) in [4.78, 5) is 4.65. The fourth-order valence-corrected chi connectivity index (χ4v) is 6.84. The van der Waals surface area contributed by atoms with E-state index in [4.69, 9.17) is 14.6 Å². The highest BCUT2D eigenvalue weighted by Gasteiger charge is 2.23. The van der Waals surface area contributed by atoms with Crippen LogP contribution in [0.25, 0.3) is 83.3 Å². The van der Waals surface area contributed by atoms with Gasteiger partial charge in [-0.05, 0) is 66.7 Å². The second-order valence-corrected chi connectivity index (χ2v) is 11.4. The maximum absolute atomic E-state index is 6.87. The molecular formula is C39H24N6O. The van der Waals surface area contributed by atoms with Crippen LogP contribution in [-0.2, 0) is 0 Å². The van der Waals surface area contributed by atoms with Crippen LogP contribution in [0.2, 0.25) is 0 Å². The molecule has 6 heterocycles. The van der Waals surface area contributed by atoms with Crippen molar-refractivity contribution in [2.75, 3.05) is 0 Å². The Bertz CT molecular complexity index is 2620. The van der Waals surface area contributed by atoms with Gasteiger partial charge in [-0.1, -0.05) is 60.7 Å². The van der Waals surface area contributed by atoms with Crippen molar-refractivity contribution in [3.05, 3.63) is 146 Å². The van der Waals surface area contributed by atoms with Gasteiger partial charge in [-0.25, -0.2) is 9.20 Å². The molecule has 7 heteroatoms. The van der Waals surface area contributed by atoms with Crippen molar-refractivity contribution in [1.29, 1.82) is 0 Å². The minimum absolute atomic E-state index is 0.741. The maximum atomic E-state index is 6.87. The molecule has 0 radical (unpaired) electrons. The SMILES string of the molecule is c1ccc(-n2ncc3c2c2cc(-c4ccc5c(c4)c4ccccc4n5-c4ccccc4)oc2c2c(-c4ccccn4)cnn32)cc1. The van der Waals surface area contributed by atoms with Crippen LogP contribution in [0.5, 0.6) is 0 Å². The van der Waals surface area contributed by atoms with Crippen LogP contribution >= 0.6 is 0 Å². The first-order chi connectivity index (χ1) is 22.8. The van der Waals surface area contributed by atoms with Crippen molar-refractivity contribution in [3.63, 3.8) is 0 Å². The molecule has 0 saturated carbocycles. The fourth-order valence-electron chi connectivity index (χ4n) is 6.84. The molecule has 0 aliphatic heterocycles. The number of para-hydroxylation sites is 3. The lowest BCUT2D eigenvalue weighted by atomic mass is 10.1. The molecule has 0 fully saturated rings. The highest BCUT2D eigenvalue weighted by molar-refractivity contribution is 6.14. The van der Waals surface area contributed by atoms with Crippen molar-refractivity contribution in [3.8, 4) is 34.0 Å². The van der Waals surface area contributed by atoms with Crippen LogP contribution in [0.15, 0.2) is 150 Å². The van der Waals surface area contributed by atoms with Gasteiger partial charge < -0.3 is 8.98 Å².